The minimum absolute atomic E-state index is 0.107. The van der Waals surface area contributed by atoms with Crippen molar-refractivity contribution in [2.75, 3.05) is 12.3 Å². The van der Waals surface area contributed by atoms with Crippen LogP contribution in [0.3, 0.4) is 0 Å². The number of aryl methyl sites for hydroxylation is 1. The van der Waals surface area contributed by atoms with Crippen molar-refractivity contribution in [2.45, 2.75) is 45.1 Å². The quantitative estimate of drug-likeness (QED) is 0.684. The first-order valence-electron chi connectivity index (χ1n) is 6.85. The van der Waals surface area contributed by atoms with Crippen LogP contribution in [0.4, 0.5) is 5.69 Å². The zero-order valence-corrected chi connectivity index (χ0v) is 13.7. The number of sulfonamides is 1. The Labute approximate surface area is 126 Å². The van der Waals surface area contributed by atoms with Gasteiger partial charge in [0.1, 0.15) is 0 Å². The fourth-order valence-corrected chi connectivity index (χ4v) is 3.44. The average Bonchev–Trinajstić information content (AvgIpc) is 2.39. The predicted octanol–water partition coefficient (Wildman–Crippen LogP) is 1.08. The molecular formula is C14H23N3O3S. The second-order valence-corrected chi connectivity index (χ2v) is 6.79. The summed E-state index contributed by atoms with van der Waals surface area (Å²) in [6.07, 6.45) is 0.790. The first-order chi connectivity index (χ1) is 9.69. The van der Waals surface area contributed by atoms with Gasteiger partial charge in [0.15, 0.2) is 0 Å². The minimum atomic E-state index is -3.80. The largest absolute Gasteiger partial charge is 0.398 e. The lowest BCUT2D eigenvalue weighted by atomic mass is 10.1. The van der Waals surface area contributed by atoms with Gasteiger partial charge in [0.05, 0.1) is 10.9 Å². The van der Waals surface area contributed by atoms with E-state index >= 15 is 0 Å². The van der Waals surface area contributed by atoms with Crippen LogP contribution in [-0.4, -0.2) is 26.9 Å². The van der Waals surface area contributed by atoms with Gasteiger partial charge in [0.25, 0.3) is 0 Å². The number of anilines is 1. The Morgan fingerprint density at radius 2 is 1.95 bits per heavy atom. The highest BCUT2D eigenvalue weighted by molar-refractivity contribution is 7.89. The molecule has 1 aromatic carbocycles. The molecule has 0 aliphatic carbocycles. The standard InChI is InChI=1S/C14H23N3O3S/c1-5-6-16-14(18)11(4)17-21(19,20)13-8-9(2)7-12(15)10(13)3/h7-8,11,17H,5-6,15H2,1-4H3,(H,16,18). The van der Waals surface area contributed by atoms with Crippen molar-refractivity contribution in [3.8, 4) is 0 Å². The summed E-state index contributed by atoms with van der Waals surface area (Å²) in [5, 5.41) is 2.65. The molecular weight excluding hydrogens is 290 g/mol. The number of nitrogens with two attached hydrogens (primary N) is 1. The summed E-state index contributed by atoms with van der Waals surface area (Å²) in [5.41, 5.74) is 7.45. The molecule has 7 heteroatoms. The number of rotatable bonds is 6. The predicted molar refractivity (Wildman–Crippen MR) is 83.4 cm³/mol. The highest BCUT2D eigenvalue weighted by Crippen LogP contribution is 2.23. The van der Waals surface area contributed by atoms with Crippen LogP contribution in [0.5, 0.6) is 0 Å². The number of hydrogen-bond donors (Lipinski definition) is 3. The molecule has 0 heterocycles. The maximum absolute atomic E-state index is 12.4. The van der Waals surface area contributed by atoms with Crippen LogP contribution in [-0.2, 0) is 14.8 Å². The molecule has 0 fully saturated rings. The Morgan fingerprint density at radius 3 is 2.52 bits per heavy atom. The summed E-state index contributed by atoms with van der Waals surface area (Å²) in [6.45, 7) is 7.36. The van der Waals surface area contributed by atoms with Crippen LogP contribution in [0.15, 0.2) is 17.0 Å². The lowest BCUT2D eigenvalue weighted by molar-refractivity contribution is -0.122. The number of nitrogen functional groups attached to an aromatic ring is 1. The zero-order valence-electron chi connectivity index (χ0n) is 12.9. The van der Waals surface area contributed by atoms with Crippen LogP contribution in [0.1, 0.15) is 31.4 Å². The van der Waals surface area contributed by atoms with Gasteiger partial charge in [-0.2, -0.15) is 4.72 Å². The third-order valence-corrected chi connectivity index (χ3v) is 4.78. The van der Waals surface area contributed by atoms with Crippen molar-refractivity contribution >= 4 is 21.6 Å². The van der Waals surface area contributed by atoms with Gasteiger partial charge < -0.3 is 11.1 Å². The van der Waals surface area contributed by atoms with Gasteiger partial charge in [-0.15, -0.1) is 0 Å². The number of nitrogens with one attached hydrogen (secondary N) is 2. The van der Waals surface area contributed by atoms with Gasteiger partial charge in [0.2, 0.25) is 15.9 Å². The number of amides is 1. The molecule has 6 nitrogen and oxygen atoms in total. The number of carbonyl (C=O) groups excluding carboxylic acids is 1. The van der Waals surface area contributed by atoms with Gasteiger partial charge in [0, 0.05) is 12.2 Å². The molecule has 0 saturated carbocycles. The molecule has 118 valence electrons. The van der Waals surface area contributed by atoms with E-state index in [0.717, 1.165) is 12.0 Å². The Bertz CT molecular complexity index is 627. The number of hydrogen-bond acceptors (Lipinski definition) is 4. The summed E-state index contributed by atoms with van der Waals surface area (Å²) in [6, 6.07) is 2.42. The third-order valence-electron chi connectivity index (χ3n) is 3.11. The fourth-order valence-electron chi connectivity index (χ4n) is 1.88. The summed E-state index contributed by atoms with van der Waals surface area (Å²) in [7, 11) is -3.80. The van der Waals surface area contributed by atoms with Crippen LogP contribution in [0.2, 0.25) is 0 Å². The first kappa shape index (κ1) is 17.5. The van der Waals surface area contributed by atoms with Crippen molar-refractivity contribution in [1.29, 1.82) is 0 Å². The molecule has 0 spiro atoms. The highest BCUT2D eigenvalue weighted by atomic mass is 32.2. The first-order valence-corrected chi connectivity index (χ1v) is 8.34. The molecule has 1 aromatic rings. The van der Waals surface area contributed by atoms with Crippen LogP contribution in [0.25, 0.3) is 0 Å². The third kappa shape index (κ3) is 4.44. The molecule has 1 amide bonds. The zero-order chi connectivity index (χ0) is 16.2. The molecule has 0 aliphatic rings. The maximum Gasteiger partial charge on any atom is 0.241 e. The summed E-state index contributed by atoms with van der Waals surface area (Å²) in [5.74, 6) is -0.348. The molecule has 1 atom stereocenters. The molecule has 4 N–H and O–H groups in total. The van der Waals surface area contributed by atoms with E-state index in [-0.39, 0.29) is 10.8 Å². The van der Waals surface area contributed by atoms with Gasteiger partial charge in [-0.25, -0.2) is 8.42 Å². The Hall–Kier alpha value is -1.60. The van der Waals surface area contributed by atoms with Crippen LogP contribution < -0.4 is 15.8 Å². The summed E-state index contributed by atoms with van der Waals surface area (Å²) in [4.78, 5) is 11.9. The van der Waals surface area contributed by atoms with E-state index in [1.54, 1.807) is 26.0 Å². The van der Waals surface area contributed by atoms with Gasteiger partial charge in [-0.3, -0.25) is 4.79 Å². The van der Waals surface area contributed by atoms with Crippen molar-refractivity contribution in [1.82, 2.24) is 10.0 Å². The van der Waals surface area contributed by atoms with E-state index in [1.807, 2.05) is 6.92 Å². The molecule has 1 rings (SSSR count). The van der Waals surface area contributed by atoms with Crippen LogP contribution >= 0.6 is 0 Å². The molecule has 1 unspecified atom stereocenters. The van der Waals surface area contributed by atoms with Gasteiger partial charge in [-0.1, -0.05) is 6.92 Å². The second-order valence-electron chi connectivity index (χ2n) is 5.11. The van der Waals surface area contributed by atoms with E-state index in [2.05, 4.69) is 10.0 Å². The highest BCUT2D eigenvalue weighted by Gasteiger charge is 2.24. The molecule has 0 bridgehead atoms. The van der Waals surface area contributed by atoms with E-state index < -0.39 is 16.1 Å². The van der Waals surface area contributed by atoms with E-state index in [0.29, 0.717) is 17.8 Å². The van der Waals surface area contributed by atoms with Crippen molar-refractivity contribution in [3.63, 3.8) is 0 Å². The maximum atomic E-state index is 12.4. The summed E-state index contributed by atoms with van der Waals surface area (Å²) < 4.78 is 27.2. The molecule has 0 aliphatic heterocycles. The Kier molecular flexibility index (Phi) is 5.74. The molecule has 0 aromatic heterocycles. The minimum Gasteiger partial charge on any atom is -0.398 e. The normalized spacial score (nSPS) is 13.0. The number of benzene rings is 1. The van der Waals surface area contributed by atoms with Gasteiger partial charge in [-0.05, 0) is 50.5 Å². The topological polar surface area (TPSA) is 101 Å². The Morgan fingerprint density at radius 1 is 1.33 bits per heavy atom. The molecule has 0 radical (unpaired) electrons. The van der Waals surface area contributed by atoms with Crippen molar-refractivity contribution in [3.05, 3.63) is 23.3 Å². The Balaban J connectivity index is 3.00. The SMILES string of the molecule is CCCNC(=O)C(C)NS(=O)(=O)c1cc(C)cc(N)c1C. The lowest BCUT2D eigenvalue weighted by Crippen LogP contribution is -2.45. The van der Waals surface area contributed by atoms with Gasteiger partial charge >= 0.3 is 0 Å². The monoisotopic (exact) mass is 313 g/mol. The summed E-state index contributed by atoms with van der Waals surface area (Å²) >= 11 is 0. The molecule has 0 saturated heterocycles. The van der Waals surface area contributed by atoms with Crippen LogP contribution in [0, 0.1) is 13.8 Å². The van der Waals surface area contributed by atoms with Crippen molar-refractivity contribution in [2.24, 2.45) is 0 Å². The van der Waals surface area contributed by atoms with E-state index in [9.17, 15) is 13.2 Å². The smallest absolute Gasteiger partial charge is 0.241 e. The average molecular weight is 313 g/mol. The van der Waals surface area contributed by atoms with E-state index in [1.165, 1.54) is 6.92 Å². The lowest BCUT2D eigenvalue weighted by Gasteiger charge is -2.16. The second kappa shape index (κ2) is 6.91. The van der Waals surface area contributed by atoms with Crippen molar-refractivity contribution < 1.29 is 13.2 Å². The van der Waals surface area contributed by atoms with E-state index in [4.69, 9.17) is 5.73 Å². The molecule has 21 heavy (non-hydrogen) atoms. The fraction of sp³-hybridized carbons (Fsp3) is 0.500. The number of carbonyl (C=O) groups is 1.